The van der Waals surface area contributed by atoms with Crippen molar-refractivity contribution in [3.8, 4) is 0 Å². The Morgan fingerprint density at radius 2 is 1.95 bits per heavy atom. The molecule has 110 valence electrons. The van der Waals surface area contributed by atoms with Gasteiger partial charge >= 0.3 is 0 Å². The number of rotatable bonds is 4. The van der Waals surface area contributed by atoms with Crippen LogP contribution in [0.1, 0.15) is 22.8 Å². The number of aryl methyl sites for hydroxylation is 1. The highest BCUT2D eigenvalue weighted by Crippen LogP contribution is 2.29. The topological polar surface area (TPSA) is 116 Å². The van der Waals surface area contributed by atoms with Crippen LogP contribution < -0.4 is 11.5 Å². The van der Waals surface area contributed by atoms with Crippen LogP contribution in [-0.2, 0) is 16.3 Å². The first-order valence-corrected chi connectivity index (χ1v) is 8.87. The van der Waals surface area contributed by atoms with E-state index in [-0.39, 0.29) is 16.4 Å². The minimum atomic E-state index is -3.44. The number of nitrogens with zero attached hydrogens (tertiary/aromatic N) is 1. The van der Waals surface area contributed by atoms with E-state index in [1.54, 1.807) is 12.3 Å². The molecule has 0 heterocycles. The van der Waals surface area contributed by atoms with Crippen LogP contribution in [0.5, 0.6) is 0 Å². The Morgan fingerprint density at radius 1 is 1.35 bits per heavy atom. The van der Waals surface area contributed by atoms with Gasteiger partial charge < -0.3 is 11.5 Å². The Bertz CT molecular complexity index is 663. The Kier molecular flexibility index (Phi) is 5.18. The third kappa shape index (κ3) is 3.73. The molecular formula is C12H17N3O3S2. The summed E-state index contributed by atoms with van der Waals surface area (Å²) in [7, 11) is -3.44. The molecule has 0 saturated carbocycles. The van der Waals surface area contributed by atoms with Crippen molar-refractivity contribution in [2.24, 2.45) is 16.5 Å². The fourth-order valence-corrected chi connectivity index (χ4v) is 3.70. The summed E-state index contributed by atoms with van der Waals surface area (Å²) in [5.41, 5.74) is 11.3. The van der Waals surface area contributed by atoms with Crippen molar-refractivity contribution in [2.75, 3.05) is 12.5 Å². The number of benzene rings is 1. The van der Waals surface area contributed by atoms with Crippen molar-refractivity contribution in [2.45, 2.75) is 23.1 Å². The van der Waals surface area contributed by atoms with Crippen LogP contribution in [0.3, 0.4) is 0 Å². The van der Waals surface area contributed by atoms with Crippen LogP contribution in [0.25, 0.3) is 0 Å². The van der Waals surface area contributed by atoms with Crippen molar-refractivity contribution < 1.29 is 13.2 Å². The number of amides is 1. The maximum atomic E-state index is 12.0. The van der Waals surface area contributed by atoms with Gasteiger partial charge in [-0.05, 0) is 30.4 Å². The third-order valence-corrected chi connectivity index (χ3v) is 4.67. The minimum Gasteiger partial charge on any atom is -0.370 e. The first-order valence-electron chi connectivity index (χ1n) is 5.75. The van der Waals surface area contributed by atoms with Gasteiger partial charge in [0.05, 0.1) is 4.90 Å². The molecule has 6 nitrogen and oxygen atoms in total. The average Bonchev–Trinajstić information content (AvgIpc) is 2.34. The molecule has 0 unspecified atom stereocenters. The summed E-state index contributed by atoms with van der Waals surface area (Å²) in [4.78, 5) is 16.1. The molecule has 0 spiro atoms. The van der Waals surface area contributed by atoms with E-state index in [2.05, 4.69) is 4.99 Å². The highest BCUT2D eigenvalue weighted by atomic mass is 32.2. The molecule has 0 fully saturated rings. The van der Waals surface area contributed by atoms with Gasteiger partial charge in [0.25, 0.3) is 5.91 Å². The largest absolute Gasteiger partial charge is 0.370 e. The summed E-state index contributed by atoms with van der Waals surface area (Å²) in [6, 6.07) is 3.03. The van der Waals surface area contributed by atoms with Crippen LogP contribution in [-0.4, -0.2) is 32.8 Å². The average molecular weight is 315 g/mol. The summed E-state index contributed by atoms with van der Waals surface area (Å²) < 4.78 is 23.6. The lowest BCUT2D eigenvalue weighted by molar-refractivity contribution is 0.100. The zero-order valence-corrected chi connectivity index (χ0v) is 13.1. The Hall–Kier alpha value is -1.54. The fourth-order valence-electron chi connectivity index (χ4n) is 1.72. The molecule has 0 saturated heterocycles. The van der Waals surface area contributed by atoms with Gasteiger partial charge in [0.15, 0.2) is 15.8 Å². The molecule has 1 aromatic carbocycles. The maximum absolute atomic E-state index is 12.0. The van der Waals surface area contributed by atoms with Crippen LogP contribution >= 0.6 is 11.8 Å². The van der Waals surface area contributed by atoms with Gasteiger partial charge in [-0.15, -0.1) is 11.8 Å². The predicted molar refractivity (Wildman–Crippen MR) is 80.9 cm³/mol. The van der Waals surface area contributed by atoms with Gasteiger partial charge in [0.1, 0.15) is 0 Å². The molecule has 8 heteroatoms. The zero-order valence-electron chi connectivity index (χ0n) is 11.5. The van der Waals surface area contributed by atoms with E-state index >= 15 is 0 Å². The van der Waals surface area contributed by atoms with Gasteiger partial charge in [-0.1, -0.05) is 6.92 Å². The number of aliphatic imine (C=N–C) groups is 1. The maximum Gasteiger partial charge on any atom is 0.280 e. The molecule has 0 aromatic heterocycles. The van der Waals surface area contributed by atoms with Crippen LogP contribution in [0.2, 0.25) is 0 Å². The highest BCUT2D eigenvalue weighted by molar-refractivity contribution is 7.99. The minimum absolute atomic E-state index is 0.108. The number of hydrogen-bond acceptors (Lipinski definition) is 4. The number of carbonyl (C=O) groups excluding carboxylic acids is 1. The SMILES string of the molecule is CCc1cc(SC)c(S(C)(=O)=O)cc1C(=O)N=C(N)N. The number of guanidine groups is 1. The molecule has 1 amide bonds. The Balaban J connectivity index is 3.60. The van der Waals surface area contributed by atoms with E-state index in [1.807, 2.05) is 6.92 Å². The monoisotopic (exact) mass is 315 g/mol. The number of thioether (sulfide) groups is 1. The Morgan fingerprint density at radius 3 is 2.35 bits per heavy atom. The van der Waals surface area contributed by atoms with E-state index in [1.165, 1.54) is 17.8 Å². The number of carbonyl (C=O) groups is 1. The second-order valence-electron chi connectivity index (χ2n) is 4.13. The zero-order chi connectivity index (χ0) is 15.5. The first kappa shape index (κ1) is 16.5. The van der Waals surface area contributed by atoms with Crippen molar-refractivity contribution in [1.82, 2.24) is 0 Å². The quantitative estimate of drug-likeness (QED) is 0.482. The van der Waals surface area contributed by atoms with Crippen molar-refractivity contribution in [1.29, 1.82) is 0 Å². The van der Waals surface area contributed by atoms with Gasteiger partial charge in [0, 0.05) is 16.7 Å². The summed E-state index contributed by atoms with van der Waals surface area (Å²) >= 11 is 1.31. The van der Waals surface area contributed by atoms with Crippen LogP contribution in [0.4, 0.5) is 0 Å². The normalized spacial score (nSPS) is 11.2. The smallest absolute Gasteiger partial charge is 0.280 e. The van der Waals surface area contributed by atoms with E-state index in [9.17, 15) is 13.2 Å². The molecule has 4 N–H and O–H groups in total. The molecule has 0 aliphatic carbocycles. The lowest BCUT2D eigenvalue weighted by atomic mass is 10.0. The molecular weight excluding hydrogens is 298 g/mol. The Labute approximate surface area is 122 Å². The first-order chi connectivity index (χ1) is 9.20. The highest BCUT2D eigenvalue weighted by Gasteiger charge is 2.19. The van der Waals surface area contributed by atoms with Crippen molar-refractivity contribution in [3.63, 3.8) is 0 Å². The summed E-state index contributed by atoms with van der Waals surface area (Å²) in [5.74, 6) is -0.994. The lowest BCUT2D eigenvalue weighted by Crippen LogP contribution is -2.24. The van der Waals surface area contributed by atoms with Gasteiger partial charge in [-0.25, -0.2) is 8.42 Å². The summed E-state index contributed by atoms with van der Waals surface area (Å²) in [5, 5.41) is 0. The van der Waals surface area contributed by atoms with Crippen molar-refractivity contribution >= 4 is 33.5 Å². The lowest BCUT2D eigenvalue weighted by Gasteiger charge is -2.11. The molecule has 1 aromatic rings. The number of nitrogens with two attached hydrogens (primary N) is 2. The fraction of sp³-hybridized carbons (Fsp3) is 0.333. The van der Waals surface area contributed by atoms with E-state index in [0.29, 0.717) is 16.9 Å². The second kappa shape index (κ2) is 6.27. The summed E-state index contributed by atoms with van der Waals surface area (Å²) in [6.45, 7) is 1.87. The predicted octanol–water partition coefficient (Wildman–Crippen LogP) is 0.788. The van der Waals surface area contributed by atoms with E-state index < -0.39 is 15.7 Å². The molecule has 0 aliphatic heterocycles. The second-order valence-corrected chi connectivity index (χ2v) is 6.96. The molecule has 0 radical (unpaired) electrons. The third-order valence-electron chi connectivity index (χ3n) is 2.63. The van der Waals surface area contributed by atoms with Gasteiger partial charge in [0.2, 0.25) is 0 Å². The molecule has 20 heavy (non-hydrogen) atoms. The standard InChI is InChI=1S/C12H17N3O3S2/c1-4-7-5-9(19-2)10(20(3,17)18)6-8(7)11(16)15-12(13)14/h5-6H,4H2,1-3H3,(H4,13,14,15,16). The number of sulfone groups is 1. The number of hydrogen-bond donors (Lipinski definition) is 2. The molecule has 1 rings (SSSR count). The van der Waals surface area contributed by atoms with Gasteiger partial charge in [-0.2, -0.15) is 4.99 Å². The van der Waals surface area contributed by atoms with Gasteiger partial charge in [-0.3, -0.25) is 4.79 Å². The molecule has 0 aliphatic rings. The van der Waals surface area contributed by atoms with E-state index in [4.69, 9.17) is 11.5 Å². The molecule has 0 bridgehead atoms. The van der Waals surface area contributed by atoms with E-state index in [0.717, 1.165) is 6.26 Å². The van der Waals surface area contributed by atoms with Crippen LogP contribution in [0.15, 0.2) is 26.9 Å². The van der Waals surface area contributed by atoms with Crippen molar-refractivity contribution in [3.05, 3.63) is 23.3 Å². The van der Waals surface area contributed by atoms with Crippen LogP contribution in [0, 0.1) is 0 Å². The molecule has 0 atom stereocenters. The summed E-state index contributed by atoms with van der Waals surface area (Å²) in [6.07, 6.45) is 3.45.